The van der Waals surface area contributed by atoms with Gasteiger partial charge in [0.1, 0.15) is 12.0 Å². The zero-order valence-corrected chi connectivity index (χ0v) is 7.15. The second-order valence-corrected chi connectivity index (χ2v) is 2.62. The van der Waals surface area contributed by atoms with Crippen LogP contribution in [0, 0.1) is 0 Å². The number of rotatable bonds is 4. The number of carbonyl (C=O) groups is 2. The van der Waals surface area contributed by atoms with Crippen LogP contribution in [0.5, 0.6) is 0 Å². The van der Waals surface area contributed by atoms with Gasteiger partial charge in [0.2, 0.25) is 0 Å². The Bertz CT molecular complexity index is 319. The molecule has 5 nitrogen and oxygen atoms in total. The van der Waals surface area contributed by atoms with Gasteiger partial charge in [0.15, 0.2) is 0 Å². The minimum atomic E-state index is -1.01. The summed E-state index contributed by atoms with van der Waals surface area (Å²) in [5.41, 5.74) is 0.803. The third kappa shape index (κ3) is 2.08. The summed E-state index contributed by atoms with van der Waals surface area (Å²) in [4.78, 5) is 24.9. The molecule has 5 heteroatoms. The highest BCUT2D eigenvalue weighted by atomic mass is 16.4. The van der Waals surface area contributed by atoms with E-state index in [9.17, 15) is 9.59 Å². The van der Waals surface area contributed by atoms with Crippen molar-refractivity contribution in [3.63, 3.8) is 0 Å². The van der Waals surface area contributed by atoms with E-state index in [4.69, 9.17) is 5.11 Å². The molecule has 1 aromatic heterocycles. The molecule has 0 unspecified atom stereocenters. The highest BCUT2D eigenvalue weighted by Gasteiger charge is 2.07. The molecule has 0 aliphatic heterocycles. The molecule has 70 valence electrons. The predicted molar refractivity (Wildman–Crippen MR) is 47.1 cm³/mol. The Morgan fingerprint density at radius 1 is 1.77 bits per heavy atom. The molecule has 0 atom stereocenters. The fraction of sp³-hybridized carbons (Fsp3) is 0.250. The van der Waals surface area contributed by atoms with E-state index in [1.807, 2.05) is 0 Å². The van der Waals surface area contributed by atoms with Gasteiger partial charge in [-0.25, -0.2) is 4.79 Å². The number of H-pyrrole nitrogens is 1. The number of carboxylic acids is 1. The maximum absolute atomic E-state index is 10.5. The largest absolute Gasteiger partial charge is 0.477 e. The fourth-order valence-corrected chi connectivity index (χ4v) is 0.944. The van der Waals surface area contributed by atoms with Gasteiger partial charge in [-0.05, 0) is 6.07 Å². The molecule has 13 heavy (non-hydrogen) atoms. The number of carboxylic acid groups (broad SMARTS) is 1. The van der Waals surface area contributed by atoms with E-state index >= 15 is 0 Å². The first-order valence-corrected chi connectivity index (χ1v) is 3.71. The van der Waals surface area contributed by atoms with Gasteiger partial charge in [0.05, 0.1) is 12.2 Å². The summed E-state index contributed by atoms with van der Waals surface area (Å²) >= 11 is 0. The Morgan fingerprint density at radius 2 is 2.46 bits per heavy atom. The fourth-order valence-electron chi connectivity index (χ4n) is 0.944. The highest BCUT2D eigenvalue weighted by molar-refractivity contribution is 5.87. The average molecular weight is 182 g/mol. The maximum atomic E-state index is 10.5. The highest BCUT2D eigenvalue weighted by Crippen LogP contribution is 2.13. The van der Waals surface area contributed by atoms with Crippen molar-refractivity contribution in [3.05, 3.63) is 18.0 Å². The van der Waals surface area contributed by atoms with Gasteiger partial charge < -0.3 is 19.8 Å². The first-order chi connectivity index (χ1) is 6.15. The number of aromatic nitrogens is 1. The lowest BCUT2D eigenvalue weighted by Crippen LogP contribution is -2.18. The Labute approximate surface area is 75.0 Å². The molecule has 0 spiro atoms. The molecule has 0 amide bonds. The van der Waals surface area contributed by atoms with Crippen molar-refractivity contribution in [1.82, 2.24) is 4.98 Å². The molecule has 0 aliphatic rings. The van der Waals surface area contributed by atoms with E-state index in [2.05, 4.69) is 4.98 Å². The number of nitrogens with one attached hydrogen (secondary N) is 1. The molecule has 0 aliphatic carbocycles. The number of nitrogens with zero attached hydrogens (tertiary/aromatic N) is 1. The van der Waals surface area contributed by atoms with Crippen LogP contribution in [0.15, 0.2) is 12.3 Å². The van der Waals surface area contributed by atoms with Gasteiger partial charge in [0, 0.05) is 13.2 Å². The average Bonchev–Trinajstić information content (AvgIpc) is 2.52. The summed E-state index contributed by atoms with van der Waals surface area (Å²) in [7, 11) is 1.71. The molecule has 0 radical (unpaired) electrons. The summed E-state index contributed by atoms with van der Waals surface area (Å²) in [5.74, 6) is -1.01. The molecule has 0 saturated carbocycles. The number of aromatic amines is 1. The third-order valence-corrected chi connectivity index (χ3v) is 1.69. The van der Waals surface area contributed by atoms with E-state index in [-0.39, 0.29) is 12.2 Å². The second-order valence-electron chi connectivity index (χ2n) is 2.62. The van der Waals surface area contributed by atoms with Gasteiger partial charge in [-0.1, -0.05) is 0 Å². The Kier molecular flexibility index (Phi) is 2.69. The van der Waals surface area contributed by atoms with E-state index in [0.717, 1.165) is 6.29 Å². The lowest BCUT2D eigenvalue weighted by molar-refractivity contribution is -0.106. The molecule has 0 aromatic carbocycles. The van der Waals surface area contributed by atoms with E-state index in [0.29, 0.717) is 5.69 Å². The van der Waals surface area contributed by atoms with Crippen LogP contribution in [-0.4, -0.2) is 35.9 Å². The van der Waals surface area contributed by atoms with Gasteiger partial charge in [-0.3, -0.25) is 0 Å². The van der Waals surface area contributed by atoms with Crippen LogP contribution in [0.3, 0.4) is 0 Å². The van der Waals surface area contributed by atoms with Crippen LogP contribution in [0.4, 0.5) is 5.69 Å². The van der Waals surface area contributed by atoms with Gasteiger partial charge in [0.25, 0.3) is 0 Å². The SMILES string of the molecule is CN(CC=O)c1c[nH]c(C(=O)O)c1. The Balaban J connectivity index is 2.78. The molecular formula is C8H10N2O3. The van der Waals surface area contributed by atoms with Crippen molar-refractivity contribution in [1.29, 1.82) is 0 Å². The number of likely N-dealkylation sites (N-methyl/N-ethyl adjacent to an activating group) is 1. The molecule has 1 aromatic rings. The van der Waals surface area contributed by atoms with Crippen LogP contribution in [0.1, 0.15) is 10.5 Å². The predicted octanol–water partition coefficient (Wildman–Crippen LogP) is 0.348. The standard InChI is InChI=1S/C8H10N2O3/c1-10(2-3-11)6-4-7(8(12)13)9-5-6/h3-5,9H,2H2,1H3,(H,12,13). The van der Waals surface area contributed by atoms with Crippen molar-refractivity contribution >= 4 is 17.9 Å². The maximum Gasteiger partial charge on any atom is 0.352 e. The van der Waals surface area contributed by atoms with E-state index < -0.39 is 5.97 Å². The Morgan fingerprint density at radius 3 is 2.92 bits per heavy atom. The number of aromatic carboxylic acids is 1. The summed E-state index contributed by atoms with van der Waals surface area (Å²) in [6.45, 7) is 0.247. The normalized spacial score (nSPS) is 9.62. The smallest absolute Gasteiger partial charge is 0.352 e. The van der Waals surface area contributed by atoms with Gasteiger partial charge in [-0.2, -0.15) is 0 Å². The van der Waals surface area contributed by atoms with Crippen molar-refractivity contribution in [2.45, 2.75) is 0 Å². The number of hydrogen-bond acceptors (Lipinski definition) is 3. The van der Waals surface area contributed by atoms with Gasteiger partial charge >= 0.3 is 5.97 Å². The summed E-state index contributed by atoms with van der Waals surface area (Å²) in [5, 5.41) is 8.59. The first kappa shape index (κ1) is 9.31. The number of anilines is 1. The minimum Gasteiger partial charge on any atom is -0.477 e. The number of aldehydes is 1. The molecule has 1 rings (SSSR count). The van der Waals surface area contributed by atoms with Crippen molar-refractivity contribution in [3.8, 4) is 0 Å². The van der Waals surface area contributed by atoms with Crippen LogP contribution in [-0.2, 0) is 4.79 Å². The van der Waals surface area contributed by atoms with Crippen LogP contribution in [0.25, 0.3) is 0 Å². The van der Waals surface area contributed by atoms with Crippen LogP contribution in [0.2, 0.25) is 0 Å². The zero-order chi connectivity index (χ0) is 9.84. The topological polar surface area (TPSA) is 73.4 Å². The Hall–Kier alpha value is -1.78. The molecule has 1 heterocycles. The van der Waals surface area contributed by atoms with Crippen LogP contribution >= 0.6 is 0 Å². The van der Waals surface area contributed by atoms with Crippen LogP contribution < -0.4 is 4.90 Å². The van der Waals surface area contributed by atoms with Crippen molar-refractivity contribution < 1.29 is 14.7 Å². The van der Waals surface area contributed by atoms with Crippen molar-refractivity contribution in [2.24, 2.45) is 0 Å². The number of hydrogen-bond donors (Lipinski definition) is 2. The lowest BCUT2D eigenvalue weighted by atomic mass is 10.4. The monoisotopic (exact) mass is 182 g/mol. The lowest BCUT2D eigenvalue weighted by Gasteiger charge is -2.12. The third-order valence-electron chi connectivity index (χ3n) is 1.69. The summed E-state index contributed by atoms with van der Waals surface area (Å²) in [6.07, 6.45) is 2.31. The van der Waals surface area contributed by atoms with E-state index in [1.54, 1.807) is 18.1 Å². The quantitative estimate of drug-likeness (QED) is 0.659. The van der Waals surface area contributed by atoms with Crippen molar-refractivity contribution in [2.75, 3.05) is 18.5 Å². The summed E-state index contributed by atoms with van der Waals surface area (Å²) in [6, 6.07) is 1.48. The second kappa shape index (κ2) is 3.75. The zero-order valence-electron chi connectivity index (χ0n) is 7.15. The molecular weight excluding hydrogens is 172 g/mol. The number of carbonyl (C=O) groups excluding carboxylic acids is 1. The first-order valence-electron chi connectivity index (χ1n) is 3.71. The molecule has 2 N–H and O–H groups in total. The molecule has 0 saturated heterocycles. The minimum absolute atomic E-state index is 0.118. The summed E-state index contributed by atoms with van der Waals surface area (Å²) < 4.78 is 0. The van der Waals surface area contributed by atoms with Gasteiger partial charge in [-0.15, -0.1) is 0 Å². The molecule has 0 bridgehead atoms. The van der Waals surface area contributed by atoms with E-state index in [1.165, 1.54) is 6.07 Å². The molecule has 0 fully saturated rings.